The van der Waals surface area contributed by atoms with Crippen LogP contribution in [0.1, 0.15) is 44.6 Å². The van der Waals surface area contributed by atoms with Gasteiger partial charge in [0.15, 0.2) is 0 Å². The largest absolute Gasteiger partial charge is 0.491 e. The zero-order chi connectivity index (χ0) is 24.6. The number of hydrogen-bond donors (Lipinski definition) is 1. The molecule has 1 aromatic heterocycles. The van der Waals surface area contributed by atoms with E-state index in [0.29, 0.717) is 31.3 Å². The van der Waals surface area contributed by atoms with Gasteiger partial charge in [-0.25, -0.2) is 0 Å². The Labute approximate surface area is 215 Å². The quantitative estimate of drug-likeness (QED) is 0.354. The highest BCUT2D eigenvalue weighted by Gasteiger charge is 2.26. The van der Waals surface area contributed by atoms with Crippen LogP contribution in [0.25, 0.3) is 11.4 Å². The molecule has 2 aromatic carbocycles. The van der Waals surface area contributed by atoms with Crippen molar-refractivity contribution in [1.29, 1.82) is 0 Å². The maximum absolute atomic E-state index is 12.8. The van der Waals surface area contributed by atoms with Crippen LogP contribution in [0.2, 0.25) is 0 Å². The lowest BCUT2D eigenvalue weighted by Crippen LogP contribution is -2.43. The van der Waals surface area contributed by atoms with Crippen LogP contribution in [0.5, 0.6) is 5.75 Å². The van der Waals surface area contributed by atoms with Gasteiger partial charge < -0.3 is 14.6 Å². The van der Waals surface area contributed by atoms with Crippen molar-refractivity contribution in [2.75, 3.05) is 19.6 Å². The Kier molecular flexibility index (Phi) is 8.93. The van der Waals surface area contributed by atoms with Crippen molar-refractivity contribution in [2.24, 2.45) is 5.92 Å². The van der Waals surface area contributed by atoms with Crippen LogP contribution in [0.3, 0.4) is 0 Å². The normalized spacial score (nSPS) is 16.4. The van der Waals surface area contributed by atoms with Gasteiger partial charge in [0.2, 0.25) is 17.6 Å². The fourth-order valence-electron chi connectivity index (χ4n) is 4.33. The molecule has 186 valence electrons. The van der Waals surface area contributed by atoms with Crippen molar-refractivity contribution >= 4 is 21.8 Å². The fourth-order valence-corrected chi connectivity index (χ4v) is 4.60. The molecule has 8 heteroatoms. The van der Waals surface area contributed by atoms with Crippen molar-refractivity contribution in [1.82, 2.24) is 20.4 Å². The van der Waals surface area contributed by atoms with E-state index in [1.807, 2.05) is 50.2 Å². The van der Waals surface area contributed by atoms with E-state index in [9.17, 15) is 4.79 Å². The summed E-state index contributed by atoms with van der Waals surface area (Å²) < 4.78 is 12.3. The third kappa shape index (κ3) is 7.64. The molecule has 2 heterocycles. The second-order valence-electron chi connectivity index (χ2n) is 9.30. The average Bonchev–Trinajstić information content (AvgIpc) is 3.30. The number of piperidine rings is 1. The highest BCUT2D eigenvalue weighted by molar-refractivity contribution is 9.10. The summed E-state index contributed by atoms with van der Waals surface area (Å²) >= 11 is 3.44. The minimum atomic E-state index is -0.0135. The molecule has 0 saturated carbocycles. The van der Waals surface area contributed by atoms with E-state index in [1.165, 1.54) is 5.56 Å². The predicted octanol–water partition coefficient (Wildman–Crippen LogP) is 5.25. The van der Waals surface area contributed by atoms with E-state index >= 15 is 0 Å². The Morgan fingerprint density at radius 1 is 1.26 bits per heavy atom. The van der Waals surface area contributed by atoms with Gasteiger partial charge in [-0.05, 0) is 88.0 Å². The summed E-state index contributed by atoms with van der Waals surface area (Å²) in [5, 5.41) is 7.25. The molecule has 0 aliphatic carbocycles. The SMILES string of the molecule is CC(C)Oc1cccc(CCCNC(=O)C2CCCN(Cc3nc(-c4ccc(Br)cc4)no3)C2)c1. The molecule has 0 bridgehead atoms. The first-order valence-electron chi connectivity index (χ1n) is 12.3. The van der Waals surface area contributed by atoms with Gasteiger partial charge >= 0.3 is 0 Å². The van der Waals surface area contributed by atoms with Crippen LogP contribution in [0.4, 0.5) is 0 Å². The molecular weight excluding hydrogens is 508 g/mol. The highest BCUT2D eigenvalue weighted by Crippen LogP contribution is 2.22. The third-order valence-corrected chi connectivity index (χ3v) is 6.55. The van der Waals surface area contributed by atoms with Crippen molar-refractivity contribution in [3.63, 3.8) is 0 Å². The van der Waals surface area contributed by atoms with E-state index in [-0.39, 0.29) is 17.9 Å². The molecule has 1 atom stereocenters. The van der Waals surface area contributed by atoms with Crippen molar-refractivity contribution < 1.29 is 14.1 Å². The smallest absolute Gasteiger partial charge is 0.241 e. The van der Waals surface area contributed by atoms with E-state index in [2.05, 4.69) is 48.4 Å². The van der Waals surface area contributed by atoms with Gasteiger partial charge in [-0.1, -0.05) is 33.2 Å². The van der Waals surface area contributed by atoms with Crippen LogP contribution in [0, 0.1) is 5.92 Å². The number of likely N-dealkylation sites (tertiary alicyclic amines) is 1. The molecule has 4 rings (SSSR count). The summed E-state index contributed by atoms with van der Waals surface area (Å²) in [6.45, 7) is 6.91. The van der Waals surface area contributed by atoms with Crippen LogP contribution >= 0.6 is 15.9 Å². The van der Waals surface area contributed by atoms with Crippen molar-refractivity contribution in [2.45, 2.75) is 52.2 Å². The summed E-state index contributed by atoms with van der Waals surface area (Å²) in [6, 6.07) is 16.0. The predicted molar refractivity (Wildman–Crippen MR) is 139 cm³/mol. The van der Waals surface area contributed by atoms with Gasteiger partial charge in [-0.2, -0.15) is 4.98 Å². The Morgan fingerprint density at radius 3 is 2.89 bits per heavy atom. The molecule has 1 aliphatic heterocycles. The molecule has 7 nitrogen and oxygen atoms in total. The van der Waals surface area contributed by atoms with Crippen LogP contribution in [-0.4, -0.2) is 46.7 Å². The number of hydrogen-bond acceptors (Lipinski definition) is 6. The van der Waals surface area contributed by atoms with E-state index < -0.39 is 0 Å². The van der Waals surface area contributed by atoms with Gasteiger partial charge in [-0.3, -0.25) is 9.69 Å². The van der Waals surface area contributed by atoms with Crippen molar-refractivity contribution in [3.8, 4) is 17.1 Å². The highest BCUT2D eigenvalue weighted by atomic mass is 79.9. The Balaban J connectivity index is 1.21. The minimum absolute atomic E-state index is 0.0135. The van der Waals surface area contributed by atoms with Gasteiger partial charge in [0.1, 0.15) is 5.75 Å². The average molecular weight is 541 g/mol. The molecule has 1 aliphatic rings. The monoisotopic (exact) mass is 540 g/mol. The van der Waals surface area contributed by atoms with E-state index in [4.69, 9.17) is 9.26 Å². The topological polar surface area (TPSA) is 80.5 Å². The standard InChI is InChI=1S/C27H33BrN4O3/c1-19(2)34-24-9-3-6-20(16-24)7-4-14-29-27(33)22-8-5-15-32(17-22)18-25-30-26(31-35-25)21-10-12-23(28)13-11-21/h3,6,9-13,16,19,22H,4-5,7-8,14-15,17-18H2,1-2H3,(H,29,33). The first kappa shape index (κ1) is 25.4. The van der Waals surface area contributed by atoms with Crippen LogP contribution in [0.15, 0.2) is 57.5 Å². The minimum Gasteiger partial charge on any atom is -0.491 e. The molecule has 35 heavy (non-hydrogen) atoms. The summed E-state index contributed by atoms with van der Waals surface area (Å²) in [5.74, 6) is 2.18. The number of carbonyl (C=O) groups is 1. The molecule has 1 fully saturated rings. The van der Waals surface area contributed by atoms with Gasteiger partial charge in [-0.15, -0.1) is 0 Å². The Hall–Kier alpha value is -2.71. The number of nitrogens with zero attached hydrogens (tertiary/aromatic N) is 3. The Bertz CT molecular complexity index is 1100. The number of nitrogens with one attached hydrogen (secondary N) is 1. The lowest BCUT2D eigenvalue weighted by molar-refractivity contribution is -0.126. The number of benzene rings is 2. The maximum Gasteiger partial charge on any atom is 0.241 e. The number of rotatable bonds is 10. The first-order chi connectivity index (χ1) is 17.0. The summed E-state index contributed by atoms with van der Waals surface area (Å²) in [4.78, 5) is 19.6. The maximum atomic E-state index is 12.8. The molecule has 1 unspecified atom stereocenters. The lowest BCUT2D eigenvalue weighted by Gasteiger charge is -2.30. The molecule has 3 aromatic rings. The number of amides is 1. The van der Waals surface area contributed by atoms with Gasteiger partial charge in [0, 0.05) is 23.1 Å². The zero-order valence-electron chi connectivity index (χ0n) is 20.4. The molecule has 0 radical (unpaired) electrons. The van der Waals surface area contributed by atoms with E-state index in [0.717, 1.165) is 48.0 Å². The van der Waals surface area contributed by atoms with Crippen LogP contribution < -0.4 is 10.1 Å². The van der Waals surface area contributed by atoms with Crippen LogP contribution in [-0.2, 0) is 17.8 Å². The second kappa shape index (κ2) is 12.3. The molecule has 1 amide bonds. The Morgan fingerprint density at radius 2 is 2.09 bits per heavy atom. The first-order valence-corrected chi connectivity index (χ1v) is 13.1. The number of carbonyl (C=O) groups excluding carboxylic acids is 1. The third-order valence-electron chi connectivity index (χ3n) is 6.02. The second-order valence-corrected chi connectivity index (χ2v) is 10.2. The summed E-state index contributed by atoms with van der Waals surface area (Å²) in [5.41, 5.74) is 2.14. The summed E-state index contributed by atoms with van der Waals surface area (Å²) in [7, 11) is 0. The molecule has 1 N–H and O–H groups in total. The molecule has 0 spiro atoms. The molecule has 1 saturated heterocycles. The lowest BCUT2D eigenvalue weighted by atomic mass is 9.97. The van der Waals surface area contributed by atoms with Gasteiger partial charge in [0.05, 0.1) is 18.6 Å². The van der Waals surface area contributed by atoms with E-state index in [1.54, 1.807) is 0 Å². The summed E-state index contributed by atoms with van der Waals surface area (Å²) in [6.07, 6.45) is 3.85. The van der Waals surface area contributed by atoms with Gasteiger partial charge in [0.25, 0.3) is 0 Å². The number of aromatic nitrogens is 2. The zero-order valence-corrected chi connectivity index (χ0v) is 22.0. The fraction of sp³-hybridized carbons (Fsp3) is 0.444. The number of halogens is 1. The van der Waals surface area contributed by atoms with Crippen molar-refractivity contribution in [3.05, 3.63) is 64.5 Å². The number of aryl methyl sites for hydroxylation is 1. The number of ether oxygens (including phenoxy) is 1. The molecular formula is C27H33BrN4O3.